The maximum absolute atomic E-state index is 10.1. The van der Waals surface area contributed by atoms with E-state index in [2.05, 4.69) is 41.2 Å². The van der Waals surface area contributed by atoms with E-state index in [1.807, 2.05) is 42.5 Å². The number of fused-ring (bicyclic) bond motifs is 1. The van der Waals surface area contributed by atoms with Gasteiger partial charge in [0.15, 0.2) is 5.82 Å². The van der Waals surface area contributed by atoms with Crippen molar-refractivity contribution in [2.75, 3.05) is 5.32 Å². The Balaban J connectivity index is 1.53. The molecule has 0 fully saturated rings. The fourth-order valence-corrected chi connectivity index (χ4v) is 3.04. The van der Waals surface area contributed by atoms with Crippen LogP contribution in [0.15, 0.2) is 52.1 Å². The molecule has 0 spiro atoms. The molecule has 3 aromatic rings. The van der Waals surface area contributed by atoms with Gasteiger partial charge in [-0.1, -0.05) is 28.1 Å². The number of anilines is 1. The highest BCUT2D eigenvalue weighted by atomic mass is 79.9. The summed E-state index contributed by atoms with van der Waals surface area (Å²) in [4.78, 5) is 15.7. The van der Waals surface area contributed by atoms with Crippen molar-refractivity contribution >= 4 is 45.6 Å². The minimum atomic E-state index is -0.0602. The highest BCUT2D eigenvalue weighted by Crippen LogP contribution is 2.31. The van der Waals surface area contributed by atoms with E-state index in [1.54, 1.807) is 12.4 Å². The molecule has 0 atom stereocenters. The molecule has 0 amide bonds. The van der Waals surface area contributed by atoms with Crippen molar-refractivity contribution in [3.05, 3.63) is 63.9 Å². The molecule has 1 aliphatic heterocycles. The number of aromatic nitrogens is 3. The molecule has 0 bridgehead atoms. The Morgan fingerprint density at radius 2 is 2.16 bits per heavy atom. The van der Waals surface area contributed by atoms with Gasteiger partial charge < -0.3 is 15.4 Å². The number of benzene rings is 1. The Kier molecular flexibility index (Phi) is 4.07. The highest BCUT2D eigenvalue weighted by molar-refractivity contribution is 9.10. The Morgan fingerprint density at radius 1 is 1.24 bits per heavy atom. The molecule has 0 aliphatic carbocycles. The summed E-state index contributed by atoms with van der Waals surface area (Å²) in [5, 5.41) is 13.3. The Bertz CT molecular complexity index is 993. The van der Waals surface area contributed by atoms with Crippen LogP contribution in [0.2, 0.25) is 0 Å². The van der Waals surface area contributed by atoms with Crippen LogP contribution in [0.25, 0.3) is 11.6 Å². The van der Waals surface area contributed by atoms with E-state index in [-0.39, 0.29) is 5.88 Å². The SMILES string of the molecule is Oc1nc(NCc2cccc(Br)c2)[nH]c1/C=C1/C=Nc2ncccc21. The largest absolute Gasteiger partial charge is 0.492 e. The van der Waals surface area contributed by atoms with Gasteiger partial charge in [-0.15, -0.1) is 0 Å². The number of aromatic hydroxyl groups is 1. The van der Waals surface area contributed by atoms with Crippen molar-refractivity contribution < 1.29 is 5.11 Å². The lowest BCUT2D eigenvalue weighted by atomic mass is 10.1. The molecule has 4 rings (SSSR count). The van der Waals surface area contributed by atoms with Gasteiger partial charge in [-0.05, 0) is 35.9 Å². The monoisotopic (exact) mass is 395 g/mol. The molecular formula is C18H14BrN5O. The number of rotatable bonds is 4. The van der Waals surface area contributed by atoms with Crippen LogP contribution < -0.4 is 5.32 Å². The Labute approximate surface area is 152 Å². The van der Waals surface area contributed by atoms with Crippen molar-refractivity contribution in [3.8, 4) is 5.88 Å². The predicted octanol–water partition coefficient (Wildman–Crippen LogP) is 4.14. The number of pyridine rings is 1. The maximum Gasteiger partial charge on any atom is 0.238 e. The fourth-order valence-electron chi connectivity index (χ4n) is 2.59. The minimum absolute atomic E-state index is 0.0602. The molecule has 3 heterocycles. The van der Waals surface area contributed by atoms with E-state index in [1.165, 1.54) is 0 Å². The second-order valence-corrected chi connectivity index (χ2v) is 6.45. The number of imidazole rings is 1. The van der Waals surface area contributed by atoms with Crippen molar-refractivity contribution in [1.82, 2.24) is 15.0 Å². The summed E-state index contributed by atoms with van der Waals surface area (Å²) in [6.45, 7) is 0.594. The quantitative estimate of drug-likeness (QED) is 0.619. The minimum Gasteiger partial charge on any atom is -0.492 e. The van der Waals surface area contributed by atoms with E-state index in [0.717, 1.165) is 21.2 Å². The molecule has 7 heteroatoms. The van der Waals surface area contributed by atoms with E-state index >= 15 is 0 Å². The van der Waals surface area contributed by atoms with Crippen LogP contribution in [0.3, 0.4) is 0 Å². The molecule has 1 aromatic carbocycles. The Hall–Kier alpha value is -2.93. The first-order chi connectivity index (χ1) is 12.2. The van der Waals surface area contributed by atoms with Gasteiger partial charge >= 0.3 is 0 Å². The topological polar surface area (TPSA) is 86.2 Å². The van der Waals surface area contributed by atoms with Gasteiger partial charge in [-0.2, -0.15) is 4.98 Å². The van der Waals surface area contributed by atoms with Gasteiger partial charge in [-0.3, -0.25) is 0 Å². The van der Waals surface area contributed by atoms with Crippen LogP contribution in [0.4, 0.5) is 11.8 Å². The lowest BCUT2D eigenvalue weighted by molar-refractivity contribution is 0.455. The average molecular weight is 396 g/mol. The number of aliphatic imine (C=N–C) groups is 1. The molecular weight excluding hydrogens is 382 g/mol. The molecule has 0 saturated heterocycles. The summed E-state index contributed by atoms with van der Waals surface area (Å²) in [7, 11) is 0. The number of H-pyrrole nitrogens is 1. The molecule has 124 valence electrons. The zero-order valence-corrected chi connectivity index (χ0v) is 14.7. The molecule has 25 heavy (non-hydrogen) atoms. The van der Waals surface area contributed by atoms with Crippen LogP contribution >= 0.6 is 15.9 Å². The highest BCUT2D eigenvalue weighted by Gasteiger charge is 2.14. The normalized spacial score (nSPS) is 14.0. The van der Waals surface area contributed by atoms with Crippen LogP contribution in [0.1, 0.15) is 16.8 Å². The van der Waals surface area contributed by atoms with Gasteiger partial charge in [0.25, 0.3) is 0 Å². The number of aromatic amines is 1. The van der Waals surface area contributed by atoms with Gasteiger partial charge in [0.2, 0.25) is 11.8 Å². The van der Waals surface area contributed by atoms with E-state index < -0.39 is 0 Å². The number of nitrogens with zero attached hydrogens (tertiary/aromatic N) is 3. The zero-order chi connectivity index (χ0) is 17.2. The number of nitrogens with one attached hydrogen (secondary N) is 2. The first kappa shape index (κ1) is 15.6. The standard InChI is InChI=1S/C18H14BrN5O/c19-13-4-1-3-11(7-13)9-22-18-23-15(17(25)24-18)8-12-10-21-16-14(12)5-2-6-20-16/h1-8,10,25H,9H2,(H2,22,23,24)/b12-8-. The second kappa shape index (κ2) is 6.52. The second-order valence-electron chi connectivity index (χ2n) is 5.54. The molecule has 2 aromatic heterocycles. The molecule has 0 saturated carbocycles. The first-order valence-corrected chi connectivity index (χ1v) is 8.47. The van der Waals surface area contributed by atoms with Gasteiger partial charge in [0.05, 0.1) is 0 Å². The predicted molar refractivity (Wildman–Crippen MR) is 102 cm³/mol. The van der Waals surface area contributed by atoms with Crippen molar-refractivity contribution in [3.63, 3.8) is 0 Å². The molecule has 6 nitrogen and oxygen atoms in total. The first-order valence-electron chi connectivity index (χ1n) is 7.67. The molecule has 3 N–H and O–H groups in total. The zero-order valence-electron chi connectivity index (χ0n) is 13.1. The van der Waals surface area contributed by atoms with E-state index in [0.29, 0.717) is 24.0 Å². The van der Waals surface area contributed by atoms with Crippen molar-refractivity contribution in [2.24, 2.45) is 4.99 Å². The lowest BCUT2D eigenvalue weighted by Gasteiger charge is -2.03. The third kappa shape index (κ3) is 3.32. The van der Waals surface area contributed by atoms with Crippen LogP contribution in [-0.2, 0) is 6.54 Å². The third-order valence-corrected chi connectivity index (χ3v) is 4.28. The van der Waals surface area contributed by atoms with Crippen LogP contribution in [0, 0.1) is 0 Å². The average Bonchev–Trinajstić information content (AvgIpc) is 3.18. The summed E-state index contributed by atoms with van der Waals surface area (Å²) in [6.07, 6.45) is 5.24. The van der Waals surface area contributed by atoms with Gasteiger partial charge in [-0.25, -0.2) is 9.98 Å². The number of hydrogen-bond acceptors (Lipinski definition) is 5. The summed E-state index contributed by atoms with van der Waals surface area (Å²) in [6, 6.07) is 11.8. The lowest BCUT2D eigenvalue weighted by Crippen LogP contribution is -2.00. The van der Waals surface area contributed by atoms with Crippen molar-refractivity contribution in [2.45, 2.75) is 6.54 Å². The fraction of sp³-hybridized carbons (Fsp3) is 0.0556. The van der Waals surface area contributed by atoms with E-state index in [4.69, 9.17) is 0 Å². The summed E-state index contributed by atoms with van der Waals surface area (Å²) < 4.78 is 1.02. The third-order valence-electron chi connectivity index (χ3n) is 3.78. The smallest absolute Gasteiger partial charge is 0.238 e. The van der Waals surface area contributed by atoms with Crippen molar-refractivity contribution in [1.29, 1.82) is 0 Å². The van der Waals surface area contributed by atoms with Gasteiger partial charge in [0, 0.05) is 34.6 Å². The van der Waals surface area contributed by atoms with Crippen LogP contribution in [-0.4, -0.2) is 26.3 Å². The number of allylic oxidation sites excluding steroid dienone is 1. The Morgan fingerprint density at radius 3 is 3.04 bits per heavy atom. The summed E-state index contributed by atoms with van der Waals surface area (Å²) >= 11 is 3.45. The number of hydrogen-bond donors (Lipinski definition) is 3. The summed E-state index contributed by atoms with van der Waals surface area (Å²) in [5.41, 5.74) is 3.43. The summed E-state index contributed by atoms with van der Waals surface area (Å²) in [5.74, 6) is 1.13. The molecule has 0 unspecified atom stereocenters. The van der Waals surface area contributed by atoms with Gasteiger partial charge in [0.1, 0.15) is 5.69 Å². The number of halogens is 1. The molecule has 0 radical (unpaired) electrons. The molecule has 1 aliphatic rings. The van der Waals surface area contributed by atoms with Crippen LogP contribution in [0.5, 0.6) is 5.88 Å². The maximum atomic E-state index is 10.1. The van der Waals surface area contributed by atoms with E-state index in [9.17, 15) is 5.11 Å².